The Balaban J connectivity index is 3.17. The summed E-state index contributed by atoms with van der Waals surface area (Å²) in [4.78, 5) is 4.10. The van der Waals surface area contributed by atoms with Crippen molar-refractivity contribution in [2.75, 3.05) is 7.11 Å². The predicted octanol–water partition coefficient (Wildman–Crippen LogP) is 2.59. The fourth-order valence-electron chi connectivity index (χ4n) is 1.01. The van der Waals surface area contributed by atoms with E-state index in [1.807, 2.05) is 13.0 Å². The standard InChI is InChI=1S/C10H10BrNO/c1-4-7(2)9-5-8(11)6-12-10(9)13-3/h1,5-7H,2-3H3. The molecule has 0 saturated heterocycles. The first-order valence-electron chi connectivity index (χ1n) is 3.84. The van der Waals surface area contributed by atoms with Gasteiger partial charge >= 0.3 is 0 Å². The van der Waals surface area contributed by atoms with Crippen molar-refractivity contribution in [3.8, 4) is 18.2 Å². The van der Waals surface area contributed by atoms with Crippen molar-refractivity contribution in [3.63, 3.8) is 0 Å². The van der Waals surface area contributed by atoms with Crippen molar-refractivity contribution in [3.05, 3.63) is 22.3 Å². The fourth-order valence-corrected chi connectivity index (χ4v) is 1.36. The molecule has 0 amide bonds. The van der Waals surface area contributed by atoms with Gasteiger partial charge in [0.05, 0.1) is 7.11 Å². The van der Waals surface area contributed by atoms with Gasteiger partial charge in [0.25, 0.3) is 0 Å². The van der Waals surface area contributed by atoms with Gasteiger partial charge in [0, 0.05) is 22.2 Å². The number of halogens is 1. The van der Waals surface area contributed by atoms with E-state index < -0.39 is 0 Å². The molecule has 0 radical (unpaired) electrons. The Kier molecular flexibility index (Phi) is 3.32. The van der Waals surface area contributed by atoms with Gasteiger partial charge in [-0.1, -0.05) is 5.92 Å². The van der Waals surface area contributed by atoms with Crippen LogP contribution < -0.4 is 4.74 Å². The zero-order chi connectivity index (χ0) is 9.84. The summed E-state index contributed by atoms with van der Waals surface area (Å²) in [5.41, 5.74) is 0.930. The van der Waals surface area contributed by atoms with E-state index in [-0.39, 0.29) is 5.92 Å². The van der Waals surface area contributed by atoms with Gasteiger partial charge in [-0.3, -0.25) is 0 Å². The van der Waals surface area contributed by atoms with Crippen molar-refractivity contribution in [2.24, 2.45) is 0 Å². The zero-order valence-corrected chi connectivity index (χ0v) is 9.13. The minimum absolute atomic E-state index is 0.0138. The van der Waals surface area contributed by atoms with E-state index in [1.54, 1.807) is 13.3 Å². The molecule has 2 nitrogen and oxygen atoms in total. The molecule has 3 heteroatoms. The third kappa shape index (κ3) is 2.22. The van der Waals surface area contributed by atoms with Crippen LogP contribution in [-0.4, -0.2) is 12.1 Å². The molecule has 0 aliphatic rings. The molecule has 1 aromatic rings. The number of ether oxygens (including phenoxy) is 1. The smallest absolute Gasteiger partial charge is 0.217 e. The molecule has 68 valence electrons. The first kappa shape index (κ1) is 10.1. The van der Waals surface area contributed by atoms with Crippen molar-refractivity contribution < 1.29 is 4.74 Å². The quantitative estimate of drug-likeness (QED) is 0.741. The maximum Gasteiger partial charge on any atom is 0.217 e. The Bertz CT molecular complexity index is 343. The van der Waals surface area contributed by atoms with Gasteiger partial charge in [0.2, 0.25) is 5.88 Å². The second-order valence-electron chi connectivity index (χ2n) is 2.64. The van der Waals surface area contributed by atoms with Gasteiger partial charge in [-0.25, -0.2) is 4.98 Å². The van der Waals surface area contributed by atoms with Crippen LogP contribution in [0.3, 0.4) is 0 Å². The van der Waals surface area contributed by atoms with E-state index in [4.69, 9.17) is 11.2 Å². The molecule has 1 heterocycles. The summed E-state index contributed by atoms with van der Waals surface area (Å²) >= 11 is 3.34. The highest BCUT2D eigenvalue weighted by Crippen LogP contribution is 2.26. The molecule has 1 unspecified atom stereocenters. The lowest BCUT2D eigenvalue weighted by atomic mass is 10.0. The van der Waals surface area contributed by atoms with E-state index in [0.29, 0.717) is 5.88 Å². The van der Waals surface area contributed by atoms with E-state index in [2.05, 4.69) is 26.8 Å². The van der Waals surface area contributed by atoms with Crippen LogP contribution in [0, 0.1) is 12.3 Å². The van der Waals surface area contributed by atoms with Crippen molar-refractivity contribution >= 4 is 15.9 Å². The van der Waals surface area contributed by atoms with Crippen LogP contribution >= 0.6 is 15.9 Å². The van der Waals surface area contributed by atoms with Crippen LogP contribution in [0.2, 0.25) is 0 Å². The molecule has 0 aliphatic heterocycles. The highest BCUT2D eigenvalue weighted by molar-refractivity contribution is 9.10. The molecule has 0 aromatic carbocycles. The molecule has 0 spiro atoms. The Morgan fingerprint density at radius 2 is 2.38 bits per heavy atom. The van der Waals surface area contributed by atoms with Crippen LogP contribution in [-0.2, 0) is 0 Å². The Hall–Kier alpha value is -1.01. The summed E-state index contributed by atoms with van der Waals surface area (Å²) in [7, 11) is 1.59. The minimum Gasteiger partial charge on any atom is -0.481 e. The van der Waals surface area contributed by atoms with Crippen LogP contribution in [0.25, 0.3) is 0 Å². The predicted molar refractivity (Wildman–Crippen MR) is 55.7 cm³/mol. The molecule has 1 atom stereocenters. The Morgan fingerprint density at radius 1 is 1.69 bits per heavy atom. The molecule has 0 aliphatic carbocycles. The van der Waals surface area contributed by atoms with Gasteiger partial charge in [0.15, 0.2) is 0 Å². The van der Waals surface area contributed by atoms with Crippen molar-refractivity contribution in [1.29, 1.82) is 0 Å². The average Bonchev–Trinajstić information content (AvgIpc) is 2.16. The lowest BCUT2D eigenvalue weighted by Crippen LogP contribution is -1.97. The molecular weight excluding hydrogens is 230 g/mol. The van der Waals surface area contributed by atoms with Crippen LogP contribution in [0.5, 0.6) is 5.88 Å². The maximum absolute atomic E-state index is 5.33. The van der Waals surface area contributed by atoms with Crippen LogP contribution in [0.4, 0.5) is 0 Å². The Labute approximate surface area is 86.5 Å². The van der Waals surface area contributed by atoms with Gasteiger partial charge in [0.1, 0.15) is 0 Å². The number of hydrogen-bond acceptors (Lipinski definition) is 2. The Morgan fingerprint density at radius 3 is 2.92 bits per heavy atom. The second kappa shape index (κ2) is 4.29. The number of hydrogen-bond donors (Lipinski definition) is 0. The molecule has 0 N–H and O–H groups in total. The van der Waals surface area contributed by atoms with E-state index in [9.17, 15) is 0 Å². The minimum atomic E-state index is 0.0138. The van der Waals surface area contributed by atoms with Gasteiger partial charge < -0.3 is 4.74 Å². The number of methoxy groups -OCH3 is 1. The first-order valence-corrected chi connectivity index (χ1v) is 4.64. The number of aromatic nitrogens is 1. The zero-order valence-electron chi connectivity index (χ0n) is 7.54. The van der Waals surface area contributed by atoms with E-state index in [1.165, 1.54) is 0 Å². The molecule has 0 bridgehead atoms. The summed E-state index contributed by atoms with van der Waals surface area (Å²) in [6, 6.07) is 1.93. The van der Waals surface area contributed by atoms with Gasteiger partial charge in [-0.05, 0) is 28.9 Å². The summed E-state index contributed by atoms with van der Waals surface area (Å²) in [5.74, 6) is 3.25. The average molecular weight is 240 g/mol. The summed E-state index contributed by atoms with van der Waals surface area (Å²) < 4.78 is 6.00. The van der Waals surface area contributed by atoms with Gasteiger partial charge in [-0.15, -0.1) is 6.42 Å². The van der Waals surface area contributed by atoms with Crippen LogP contribution in [0.1, 0.15) is 18.4 Å². The number of terminal acetylenes is 1. The third-order valence-electron chi connectivity index (χ3n) is 1.76. The normalized spacial score (nSPS) is 11.8. The largest absolute Gasteiger partial charge is 0.481 e. The summed E-state index contributed by atoms with van der Waals surface area (Å²) in [6.45, 7) is 1.94. The van der Waals surface area contributed by atoms with Crippen LogP contribution in [0.15, 0.2) is 16.7 Å². The monoisotopic (exact) mass is 239 g/mol. The summed E-state index contributed by atoms with van der Waals surface area (Å²) in [6.07, 6.45) is 7.02. The number of rotatable bonds is 2. The number of nitrogens with zero attached hydrogens (tertiary/aromatic N) is 1. The molecule has 1 aromatic heterocycles. The van der Waals surface area contributed by atoms with Crippen molar-refractivity contribution in [1.82, 2.24) is 4.98 Å². The SMILES string of the molecule is C#CC(C)c1cc(Br)cnc1OC. The maximum atomic E-state index is 5.33. The fraction of sp³-hybridized carbons (Fsp3) is 0.300. The molecule has 0 saturated carbocycles. The first-order chi connectivity index (χ1) is 6.19. The molecule has 13 heavy (non-hydrogen) atoms. The second-order valence-corrected chi connectivity index (χ2v) is 3.56. The highest BCUT2D eigenvalue weighted by atomic mass is 79.9. The lowest BCUT2D eigenvalue weighted by Gasteiger charge is -2.09. The lowest BCUT2D eigenvalue weighted by molar-refractivity contribution is 0.391. The van der Waals surface area contributed by atoms with Crippen molar-refractivity contribution in [2.45, 2.75) is 12.8 Å². The number of pyridine rings is 1. The highest BCUT2D eigenvalue weighted by Gasteiger charge is 2.10. The topological polar surface area (TPSA) is 22.1 Å². The van der Waals surface area contributed by atoms with E-state index in [0.717, 1.165) is 10.0 Å². The molecular formula is C10H10BrNO. The third-order valence-corrected chi connectivity index (χ3v) is 2.19. The van der Waals surface area contributed by atoms with Gasteiger partial charge in [-0.2, -0.15) is 0 Å². The molecule has 1 rings (SSSR count). The van der Waals surface area contributed by atoms with E-state index >= 15 is 0 Å². The molecule has 0 fully saturated rings. The summed E-state index contributed by atoms with van der Waals surface area (Å²) in [5, 5.41) is 0.